The summed E-state index contributed by atoms with van der Waals surface area (Å²) in [5.41, 5.74) is 2.50. The highest BCUT2D eigenvalue weighted by atomic mass is 16.6. The van der Waals surface area contributed by atoms with E-state index in [-0.39, 0.29) is 5.69 Å². The van der Waals surface area contributed by atoms with Crippen LogP contribution in [0, 0.1) is 30.9 Å². The second-order valence-electron chi connectivity index (χ2n) is 6.87. The molecule has 0 saturated carbocycles. The number of anilines is 1. The molecule has 1 N–H and O–H groups in total. The minimum atomic E-state index is -0.769. The summed E-state index contributed by atoms with van der Waals surface area (Å²) in [6.45, 7) is 4.88. The largest absolute Gasteiger partial charge is 0.452 e. The Hall–Kier alpha value is -4.41. The van der Waals surface area contributed by atoms with Crippen molar-refractivity contribution in [3.05, 3.63) is 75.2 Å². The Kier molecular flexibility index (Phi) is 6.68. The molecule has 0 aliphatic rings. The van der Waals surface area contributed by atoms with E-state index in [1.807, 2.05) is 19.9 Å². The Balaban J connectivity index is 1.61. The number of aromatic nitrogens is 4. The summed E-state index contributed by atoms with van der Waals surface area (Å²) in [6.07, 6.45) is 2.45. The molecular weight excluding hydrogens is 416 g/mol. The molecule has 2 aromatic heterocycles. The molecule has 0 unspecified atom stereocenters. The molecule has 11 nitrogen and oxygen atoms in total. The van der Waals surface area contributed by atoms with Crippen LogP contribution in [0.5, 0.6) is 0 Å². The molecule has 1 amide bonds. The lowest BCUT2D eigenvalue weighted by Gasteiger charge is -2.09. The van der Waals surface area contributed by atoms with Gasteiger partial charge in [-0.2, -0.15) is 9.78 Å². The zero-order valence-corrected chi connectivity index (χ0v) is 17.6. The van der Waals surface area contributed by atoms with Crippen molar-refractivity contribution in [2.24, 2.45) is 0 Å². The van der Waals surface area contributed by atoms with E-state index < -0.39 is 23.4 Å². The molecule has 0 radical (unpaired) electrons. The van der Waals surface area contributed by atoms with E-state index >= 15 is 0 Å². The number of aryl methyl sites for hydroxylation is 3. The Morgan fingerprint density at radius 2 is 1.84 bits per heavy atom. The van der Waals surface area contributed by atoms with Gasteiger partial charge in [0.05, 0.1) is 10.6 Å². The van der Waals surface area contributed by atoms with E-state index in [0.29, 0.717) is 23.0 Å². The standard InChI is InChI=1S/C21H20N6O5/c1-13-9-14(2)23-21(22-13)26-18(10-15(3)25-26)24-19(28)12-32-20(29)8-7-16-5-4-6-17(11-16)27(30)31/h4-11H,12H2,1-3H3,(H,24,28)/b8-7+. The second kappa shape index (κ2) is 9.60. The maximum atomic E-state index is 12.3. The van der Waals surface area contributed by atoms with Gasteiger partial charge in [0, 0.05) is 35.7 Å². The summed E-state index contributed by atoms with van der Waals surface area (Å²) >= 11 is 0. The fourth-order valence-corrected chi connectivity index (χ4v) is 2.81. The van der Waals surface area contributed by atoms with Crippen LogP contribution in [0.2, 0.25) is 0 Å². The maximum absolute atomic E-state index is 12.3. The van der Waals surface area contributed by atoms with Crippen molar-refractivity contribution < 1.29 is 19.2 Å². The van der Waals surface area contributed by atoms with E-state index in [9.17, 15) is 19.7 Å². The SMILES string of the molecule is Cc1cc(C)nc(-n2nc(C)cc2NC(=O)COC(=O)/C=C/c2cccc([N+](=O)[O-])c2)n1. The summed E-state index contributed by atoms with van der Waals surface area (Å²) in [6, 6.07) is 9.22. The summed E-state index contributed by atoms with van der Waals surface area (Å²) in [4.78, 5) is 43.1. The van der Waals surface area contributed by atoms with Crippen LogP contribution in [-0.4, -0.2) is 43.2 Å². The molecule has 0 aliphatic heterocycles. The molecule has 3 aromatic rings. The van der Waals surface area contributed by atoms with Gasteiger partial charge in [-0.25, -0.2) is 14.8 Å². The number of rotatable bonds is 7. The third-order valence-corrected chi connectivity index (χ3v) is 4.10. The number of non-ortho nitro benzene ring substituents is 1. The third kappa shape index (κ3) is 5.81. The predicted octanol–water partition coefficient (Wildman–Crippen LogP) is 2.69. The Labute approximate surface area is 182 Å². The number of benzene rings is 1. The van der Waals surface area contributed by atoms with Crippen LogP contribution in [0.25, 0.3) is 12.0 Å². The molecule has 0 bridgehead atoms. The van der Waals surface area contributed by atoms with Crippen LogP contribution in [0.4, 0.5) is 11.5 Å². The average molecular weight is 436 g/mol. The molecule has 1 aromatic carbocycles. The fourth-order valence-electron chi connectivity index (χ4n) is 2.81. The molecule has 0 atom stereocenters. The second-order valence-corrected chi connectivity index (χ2v) is 6.87. The zero-order chi connectivity index (χ0) is 23.3. The molecule has 0 aliphatic carbocycles. The summed E-state index contributed by atoms with van der Waals surface area (Å²) in [5.74, 6) is -0.704. The molecule has 0 saturated heterocycles. The number of carbonyl (C=O) groups excluding carboxylic acids is 2. The van der Waals surface area contributed by atoms with Gasteiger partial charge in [-0.1, -0.05) is 12.1 Å². The summed E-state index contributed by atoms with van der Waals surface area (Å²) in [7, 11) is 0. The molecule has 3 rings (SSSR count). The number of ether oxygens (including phenoxy) is 1. The van der Waals surface area contributed by atoms with Gasteiger partial charge in [0.15, 0.2) is 6.61 Å². The maximum Gasteiger partial charge on any atom is 0.331 e. The van der Waals surface area contributed by atoms with Crippen LogP contribution in [0.3, 0.4) is 0 Å². The number of esters is 1. The van der Waals surface area contributed by atoms with Crippen LogP contribution >= 0.6 is 0 Å². The number of nitro groups is 1. The summed E-state index contributed by atoms with van der Waals surface area (Å²) < 4.78 is 6.33. The lowest BCUT2D eigenvalue weighted by molar-refractivity contribution is -0.384. The van der Waals surface area contributed by atoms with E-state index in [4.69, 9.17) is 4.74 Å². The number of carbonyl (C=O) groups is 2. The van der Waals surface area contributed by atoms with Gasteiger partial charge in [-0.3, -0.25) is 14.9 Å². The zero-order valence-electron chi connectivity index (χ0n) is 17.6. The number of amides is 1. The molecule has 0 spiro atoms. The van der Waals surface area contributed by atoms with Crippen LogP contribution in [-0.2, 0) is 14.3 Å². The molecule has 164 valence electrons. The lowest BCUT2D eigenvalue weighted by atomic mass is 10.2. The van der Waals surface area contributed by atoms with Gasteiger partial charge in [0.25, 0.3) is 17.5 Å². The minimum Gasteiger partial charge on any atom is -0.452 e. The highest BCUT2D eigenvalue weighted by Gasteiger charge is 2.14. The first-order valence-corrected chi connectivity index (χ1v) is 9.50. The van der Waals surface area contributed by atoms with Crippen molar-refractivity contribution in [3.63, 3.8) is 0 Å². The predicted molar refractivity (Wildman–Crippen MR) is 115 cm³/mol. The highest BCUT2D eigenvalue weighted by molar-refractivity contribution is 5.94. The number of nitrogens with one attached hydrogen (secondary N) is 1. The van der Waals surface area contributed by atoms with Crippen molar-refractivity contribution in [1.29, 1.82) is 0 Å². The highest BCUT2D eigenvalue weighted by Crippen LogP contribution is 2.16. The topological polar surface area (TPSA) is 142 Å². The normalized spacial score (nSPS) is 10.8. The minimum absolute atomic E-state index is 0.0976. The van der Waals surface area contributed by atoms with Crippen molar-refractivity contribution in [3.8, 4) is 5.95 Å². The van der Waals surface area contributed by atoms with E-state index in [0.717, 1.165) is 17.5 Å². The van der Waals surface area contributed by atoms with Gasteiger partial charge >= 0.3 is 5.97 Å². The first-order valence-electron chi connectivity index (χ1n) is 9.50. The Bertz CT molecular complexity index is 1200. The molecular formula is C21H20N6O5. The Morgan fingerprint density at radius 3 is 2.53 bits per heavy atom. The monoisotopic (exact) mass is 436 g/mol. The molecule has 0 fully saturated rings. The van der Waals surface area contributed by atoms with Crippen LogP contribution < -0.4 is 5.32 Å². The van der Waals surface area contributed by atoms with Gasteiger partial charge in [-0.15, -0.1) is 0 Å². The summed E-state index contributed by atoms with van der Waals surface area (Å²) in [5, 5.41) is 17.7. The Morgan fingerprint density at radius 1 is 1.12 bits per heavy atom. The van der Waals surface area contributed by atoms with Crippen LogP contribution in [0.1, 0.15) is 22.6 Å². The van der Waals surface area contributed by atoms with Gasteiger partial charge in [-0.05, 0) is 38.5 Å². The third-order valence-electron chi connectivity index (χ3n) is 4.10. The van der Waals surface area contributed by atoms with E-state index in [1.54, 1.807) is 19.1 Å². The van der Waals surface area contributed by atoms with E-state index in [1.165, 1.54) is 29.0 Å². The fraction of sp³-hybridized carbons (Fsp3) is 0.190. The van der Waals surface area contributed by atoms with Crippen molar-refractivity contribution in [2.75, 3.05) is 11.9 Å². The van der Waals surface area contributed by atoms with Crippen LogP contribution in [0.15, 0.2) is 42.5 Å². The molecule has 2 heterocycles. The number of hydrogen-bond donors (Lipinski definition) is 1. The number of nitro benzene ring substituents is 1. The molecule has 32 heavy (non-hydrogen) atoms. The van der Waals surface area contributed by atoms with Gasteiger partial charge < -0.3 is 10.1 Å². The van der Waals surface area contributed by atoms with Crippen molar-refractivity contribution >= 4 is 29.5 Å². The number of hydrogen-bond acceptors (Lipinski definition) is 8. The smallest absolute Gasteiger partial charge is 0.331 e. The van der Waals surface area contributed by atoms with Crippen molar-refractivity contribution in [1.82, 2.24) is 19.7 Å². The number of nitrogens with zero attached hydrogens (tertiary/aromatic N) is 5. The van der Waals surface area contributed by atoms with E-state index in [2.05, 4.69) is 20.4 Å². The molecule has 11 heteroatoms. The van der Waals surface area contributed by atoms with Gasteiger partial charge in [0.2, 0.25) is 0 Å². The quantitative estimate of drug-likeness (QED) is 0.258. The van der Waals surface area contributed by atoms with Gasteiger partial charge in [0.1, 0.15) is 5.82 Å². The first-order chi connectivity index (χ1) is 15.2. The lowest BCUT2D eigenvalue weighted by Crippen LogP contribution is -2.22. The van der Waals surface area contributed by atoms with Crippen molar-refractivity contribution in [2.45, 2.75) is 20.8 Å². The average Bonchev–Trinajstić information content (AvgIpc) is 3.10. The first kappa shape index (κ1) is 22.3.